The van der Waals surface area contributed by atoms with Gasteiger partial charge in [-0.1, -0.05) is 18.2 Å². The van der Waals surface area contributed by atoms with Gasteiger partial charge in [-0.15, -0.1) is 0 Å². The van der Waals surface area contributed by atoms with E-state index in [1.165, 1.54) is 50.4 Å². The number of aromatic nitrogens is 1. The molecular weight excluding hydrogens is 275 g/mol. The van der Waals surface area contributed by atoms with E-state index in [0.717, 1.165) is 12.2 Å². The maximum atomic E-state index is 13.9. The van der Waals surface area contributed by atoms with E-state index in [9.17, 15) is 4.39 Å². The molecule has 1 aromatic heterocycles. The van der Waals surface area contributed by atoms with E-state index >= 15 is 0 Å². The minimum Gasteiger partial charge on any atom is -0.302 e. The zero-order chi connectivity index (χ0) is 15.0. The predicted octanol–water partition coefficient (Wildman–Crippen LogP) is 4.02. The molecule has 2 aliphatic rings. The molecule has 0 amide bonds. The van der Waals surface area contributed by atoms with Crippen LogP contribution in [0.5, 0.6) is 0 Å². The second-order valence-corrected chi connectivity index (χ2v) is 6.68. The van der Waals surface area contributed by atoms with Crippen molar-refractivity contribution in [1.29, 1.82) is 0 Å². The van der Waals surface area contributed by atoms with E-state index in [-0.39, 0.29) is 11.2 Å². The van der Waals surface area contributed by atoms with Crippen LogP contribution < -0.4 is 0 Å². The molecule has 0 radical (unpaired) electrons. The van der Waals surface area contributed by atoms with Crippen LogP contribution in [0.1, 0.15) is 31.2 Å². The fourth-order valence-corrected chi connectivity index (χ4v) is 4.18. The van der Waals surface area contributed by atoms with Crippen molar-refractivity contribution in [3.05, 3.63) is 54.0 Å². The Morgan fingerprint density at radius 1 is 1.00 bits per heavy atom. The van der Waals surface area contributed by atoms with Crippen LogP contribution in [-0.2, 0) is 5.41 Å². The number of hydrogen-bond acceptors (Lipinski definition) is 2. The molecular formula is C19H21FN2. The third-order valence-corrected chi connectivity index (χ3v) is 5.31. The van der Waals surface area contributed by atoms with Gasteiger partial charge >= 0.3 is 0 Å². The second kappa shape index (κ2) is 5.47. The van der Waals surface area contributed by atoms with Gasteiger partial charge in [-0.25, -0.2) is 4.39 Å². The number of benzene rings is 1. The molecule has 0 unspecified atom stereocenters. The van der Waals surface area contributed by atoms with Crippen LogP contribution in [0.15, 0.2) is 42.6 Å². The molecule has 114 valence electrons. The molecule has 2 saturated heterocycles. The number of pyridine rings is 1. The molecule has 3 heteroatoms. The number of hydrogen-bond donors (Lipinski definition) is 0. The van der Waals surface area contributed by atoms with Crippen LogP contribution in [0.2, 0.25) is 0 Å². The minimum absolute atomic E-state index is 0.206. The Balaban J connectivity index is 1.66. The van der Waals surface area contributed by atoms with Crippen molar-refractivity contribution in [3.8, 4) is 11.3 Å². The minimum atomic E-state index is -0.206. The Bertz CT molecular complexity index is 655. The molecule has 4 rings (SSSR count). The summed E-state index contributed by atoms with van der Waals surface area (Å²) in [6.45, 7) is 3.64. The Morgan fingerprint density at radius 3 is 2.45 bits per heavy atom. The Labute approximate surface area is 131 Å². The maximum Gasteiger partial charge on any atom is 0.132 e. The first-order valence-corrected chi connectivity index (χ1v) is 8.21. The summed E-state index contributed by atoms with van der Waals surface area (Å²) in [7, 11) is 0. The highest BCUT2D eigenvalue weighted by Crippen LogP contribution is 2.41. The van der Waals surface area contributed by atoms with E-state index in [0.29, 0.717) is 5.56 Å². The van der Waals surface area contributed by atoms with Crippen LogP contribution in [0.25, 0.3) is 11.3 Å². The first kappa shape index (κ1) is 13.9. The van der Waals surface area contributed by atoms with Gasteiger partial charge < -0.3 is 4.90 Å². The number of rotatable bonds is 2. The summed E-state index contributed by atoms with van der Waals surface area (Å²) in [5.74, 6) is -0.206. The van der Waals surface area contributed by atoms with Crippen LogP contribution in [0.3, 0.4) is 0 Å². The van der Waals surface area contributed by atoms with Gasteiger partial charge in [0.05, 0.1) is 5.69 Å². The van der Waals surface area contributed by atoms with Gasteiger partial charge in [-0.3, -0.25) is 4.98 Å². The molecule has 1 aromatic carbocycles. The van der Waals surface area contributed by atoms with Gasteiger partial charge in [0.1, 0.15) is 5.82 Å². The summed E-state index contributed by atoms with van der Waals surface area (Å²) < 4.78 is 13.9. The highest BCUT2D eigenvalue weighted by molar-refractivity contribution is 5.59. The second-order valence-electron chi connectivity index (χ2n) is 6.68. The molecule has 2 fully saturated rings. The number of halogens is 1. The zero-order valence-corrected chi connectivity index (χ0v) is 12.8. The van der Waals surface area contributed by atoms with Crippen molar-refractivity contribution >= 4 is 0 Å². The third-order valence-electron chi connectivity index (χ3n) is 5.31. The molecule has 0 N–H and O–H groups in total. The molecule has 2 aromatic rings. The topological polar surface area (TPSA) is 16.1 Å². The van der Waals surface area contributed by atoms with Crippen LogP contribution >= 0.6 is 0 Å². The van der Waals surface area contributed by atoms with Crippen molar-refractivity contribution in [3.63, 3.8) is 0 Å². The van der Waals surface area contributed by atoms with Gasteiger partial charge in [0.25, 0.3) is 0 Å². The van der Waals surface area contributed by atoms with E-state index in [2.05, 4.69) is 16.0 Å². The standard InChI is InChI=1S/C19H21FN2/c20-17-6-2-1-5-16(17)18-8-7-15(13-21-18)19-9-3-11-22(14-19)12-4-10-19/h1-2,5-8,13H,3-4,9-12,14H2. The first-order valence-electron chi connectivity index (χ1n) is 8.21. The predicted molar refractivity (Wildman–Crippen MR) is 86.2 cm³/mol. The first-order chi connectivity index (χ1) is 10.8. The summed E-state index contributed by atoms with van der Waals surface area (Å²) >= 11 is 0. The molecule has 22 heavy (non-hydrogen) atoms. The van der Waals surface area contributed by atoms with Crippen LogP contribution in [-0.4, -0.2) is 29.5 Å². The Hall–Kier alpha value is -1.74. The molecule has 2 bridgehead atoms. The molecule has 0 spiro atoms. The smallest absolute Gasteiger partial charge is 0.132 e. The van der Waals surface area contributed by atoms with Crippen LogP contribution in [0.4, 0.5) is 4.39 Å². The van der Waals surface area contributed by atoms with Gasteiger partial charge in [0, 0.05) is 23.7 Å². The lowest BCUT2D eigenvalue weighted by Crippen LogP contribution is -2.50. The van der Waals surface area contributed by atoms with E-state index in [4.69, 9.17) is 0 Å². The van der Waals surface area contributed by atoms with Crippen molar-refractivity contribution in [2.45, 2.75) is 31.1 Å². The lowest BCUT2D eigenvalue weighted by atomic mass is 9.69. The molecule has 0 atom stereocenters. The third kappa shape index (κ3) is 2.34. The maximum absolute atomic E-state index is 13.9. The van der Waals surface area contributed by atoms with Crippen molar-refractivity contribution in [2.24, 2.45) is 0 Å². The molecule has 2 nitrogen and oxygen atoms in total. The van der Waals surface area contributed by atoms with E-state index in [1.54, 1.807) is 12.1 Å². The van der Waals surface area contributed by atoms with Crippen molar-refractivity contribution < 1.29 is 4.39 Å². The Kier molecular flexibility index (Phi) is 3.45. The molecule has 2 aliphatic heterocycles. The van der Waals surface area contributed by atoms with Crippen LogP contribution in [0, 0.1) is 5.82 Å². The number of fused-ring (bicyclic) bond motifs is 2. The lowest BCUT2D eigenvalue weighted by Gasteiger charge is -2.47. The van der Waals surface area contributed by atoms with Gasteiger partial charge in [-0.05, 0) is 62.5 Å². The summed E-state index contributed by atoms with van der Waals surface area (Å²) in [6, 6.07) is 11.0. The molecule has 0 aliphatic carbocycles. The van der Waals surface area contributed by atoms with Gasteiger partial charge in [0.2, 0.25) is 0 Å². The summed E-state index contributed by atoms with van der Waals surface area (Å²) in [6.07, 6.45) is 7.04. The molecule has 0 saturated carbocycles. The van der Waals surface area contributed by atoms with Gasteiger partial charge in [-0.2, -0.15) is 0 Å². The largest absolute Gasteiger partial charge is 0.302 e. The lowest BCUT2D eigenvalue weighted by molar-refractivity contribution is 0.0941. The zero-order valence-electron chi connectivity index (χ0n) is 12.8. The number of piperidine rings is 2. The number of nitrogens with zero attached hydrogens (tertiary/aromatic N) is 2. The quantitative estimate of drug-likeness (QED) is 0.832. The highest BCUT2D eigenvalue weighted by atomic mass is 19.1. The van der Waals surface area contributed by atoms with E-state index in [1.807, 2.05) is 18.3 Å². The van der Waals surface area contributed by atoms with E-state index < -0.39 is 0 Å². The summed E-state index contributed by atoms with van der Waals surface area (Å²) in [5.41, 5.74) is 2.91. The normalized spacial score (nSPS) is 27.6. The monoisotopic (exact) mass is 296 g/mol. The van der Waals surface area contributed by atoms with Crippen molar-refractivity contribution in [1.82, 2.24) is 9.88 Å². The molecule has 3 heterocycles. The Morgan fingerprint density at radius 2 is 1.77 bits per heavy atom. The van der Waals surface area contributed by atoms with Gasteiger partial charge in [0.15, 0.2) is 0 Å². The average Bonchev–Trinajstić information content (AvgIpc) is 2.56. The highest BCUT2D eigenvalue weighted by Gasteiger charge is 2.39. The average molecular weight is 296 g/mol. The fraction of sp³-hybridized carbons (Fsp3) is 0.421. The fourth-order valence-electron chi connectivity index (χ4n) is 4.18. The summed E-state index contributed by atoms with van der Waals surface area (Å²) in [4.78, 5) is 7.15. The van der Waals surface area contributed by atoms with Crippen molar-refractivity contribution in [2.75, 3.05) is 19.6 Å². The SMILES string of the molecule is Fc1ccccc1-c1ccc(C23CCCN(CCC2)C3)cn1. The summed E-state index contributed by atoms with van der Waals surface area (Å²) in [5, 5.41) is 0.